The van der Waals surface area contributed by atoms with Crippen LogP contribution in [-0.4, -0.2) is 20.2 Å². The average Bonchev–Trinajstić information content (AvgIpc) is 3.25. The van der Waals surface area contributed by atoms with Gasteiger partial charge in [-0.2, -0.15) is 5.10 Å². The van der Waals surface area contributed by atoms with Crippen LogP contribution in [0.4, 0.5) is 5.69 Å². The van der Waals surface area contributed by atoms with E-state index in [2.05, 4.69) is 15.8 Å². The van der Waals surface area contributed by atoms with Crippen LogP contribution in [0.15, 0.2) is 63.0 Å². The van der Waals surface area contributed by atoms with Crippen LogP contribution in [-0.2, 0) is 7.05 Å². The van der Waals surface area contributed by atoms with Crippen molar-refractivity contribution in [1.29, 1.82) is 0 Å². The number of hydrogen-bond acceptors (Lipinski definition) is 4. The molecule has 0 saturated heterocycles. The Hall–Kier alpha value is -3.13. The summed E-state index contributed by atoms with van der Waals surface area (Å²) in [6.07, 6.45) is 1.57. The number of thiocarbonyl (C=S) groups is 1. The quantitative estimate of drug-likeness (QED) is 0.420. The topological polar surface area (TPSA) is 76.5 Å². The van der Waals surface area contributed by atoms with Crippen LogP contribution in [0, 0.1) is 6.92 Å². The molecule has 0 radical (unpaired) electrons. The minimum Gasteiger partial charge on any atom is -0.463 e. The first-order valence-corrected chi connectivity index (χ1v) is 8.39. The fourth-order valence-electron chi connectivity index (χ4n) is 2.53. The monoisotopic (exact) mass is 369 g/mol. The molecular weight excluding hydrogens is 350 g/mol. The lowest BCUT2D eigenvalue weighted by molar-refractivity contribution is 0.556. The lowest BCUT2D eigenvalue weighted by atomic mass is 10.3. The summed E-state index contributed by atoms with van der Waals surface area (Å²) in [6, 6.07) is 13.0. The van der Waals surface area contributed by atoms with Gasteiger partial charge >= 0.3 is 0 Å². The standard InChI is InChI=1S/C18H19N5O2S/c1-12(15-10-7-11-25-15)20-21-18(26)19-16-13(2)22(3)23(17(16)24)14-8-5-4-6-9-14/h4-11H,1-3H3,(H2,19,21,26)/b20-12-. The largest absolute Gasteiger partial charge is 0.463 e. The van der Waals surface area contributed by atoms with Gasteiger partial charge in [0, 0.05) is 7.05 Å². The van der Waals surface area contributed by atoms with Crippen molar-refractivity contribution in [2.75, 3.05) is 5.32 Å². The first-order valence-electron chi connectivity index (χ1n) is 7.98. The van der Waals surface area contributed by atoms with Crippen molar-refractivity contribution in [2.45, 2.75) is 13.8 Å². The molecule has 3 rings (SSSR count). The van der Waals surface area contributed by atoms with Gasteiger partial charge in [0.15, 0.2) is 5.11 Å². The van der Waals surface area contributed by atoms with Crippen molar-refractivity contribution < 1.29 is 4.42 Å². The number of furan rings is 1. The van der Waals surface area contributed by atoms with Crippen LogP contribution in [0.3, 0.4) is 0 Å². The minimum atomic E-state index is -0.188. The summed E-state index contributed by atoms with van der Waals surface area (Å²) in [6.45, 7) is 3.65. The molecule has 0 saturated carbocycles. The maximum absolute atomic E-state index is 12.8. The molecule has 1 aromatic carbocycles. The molecule has 0 aliphatic heterocycles. The summed E-state index contributed by atoms with van der Waals surface area (Å²) in [7, 11) is 1.82. The van der Waals surface area contributed by atoms with E-state index >= 15 is 0 Å². The Bertz CT molecular complexity index is 1000. The SMILES string of the molecule is C/C(=N/NC(=S)Nc1c(C)n(C)n(-c2ccccc2)c1=O)c1ccco1. The van der Waals surface area contributed by atoms with Crippen molar-refractivity contribution in [3.05, 3.63) is 70.5 Å². The number of benzene rings is 1. The molecule has 7 nitrogen and oxygen atoms in total. The highest BCUT2D eigenvalue weighted by atomic mass is 32.1. The van der Waals surface area contributed by atoms with Gasteiger partial charge in [-0.25, -0.2) is 4.68 Å². The van der Waals surface area contributed by atoms with Crippen LogP contribution < -0.4 is 16.3 Å². The number of nitrogens with one attached hydrogen (secondary N) is 2. The van der Waals surface area contributed by atoms with E-state index < -0.39 is 0 Å². The maximum atomic E-state index is 12.8. The molecular formula is C18H19N5O2S. The van der Waals surface area contributed by atoms with E-state index in [0.717, 1.165) is 11.4 Å². The summed E-state index contributed by atoms with van der Waals surface area (Å²) < 4.78 is 8.62. The lowest BCUT2D eigenvalue weighted by Crippen LogP contribution is -2.28. The Kier molecular flexibility index (Phi) is 5.04. The van der Waals surface area contributed by atoms with Gasteiger partial charge in [-0.1, -0.05) is 18.2 Å². The molecule has 0 spiro atoms. The molecule has 0 bridgehead atoms. The normalized spacial score (nSPS) is 11.4. The lowest BCUT2D eigenvalue weighted by Gasteiger charge is -2.07. The van der Waals surface area contributed by atoms with E-state index in [4.69, 9.17) is 16.6 Å². The Morgan fingerprint density at radius 1 is 1.19 bits per heavy atom. The molecule has 134 valence electrons. The van der Waals surface area contributed by atoms with E-state index in [0.29, 0.717) is 17.2 Å². The van der Waals surface area contributed by atoms with Gasteiger partial charge in [-0.05, 0) is 50.3 Å². The second kappa shape index (κ2) is 7.40. The van der Waals surface area contributed by atoms with Crippen molar-refractivity contribution in [3.63, 3.8) is 0 Å². The maximum Gasteiger partial charge on any atom is 0.295 e. The first kappa shape index (κ1) is 17.7. The molecule has 2 N–H and O–H groups in total. The summed E-state index contributed by atoms with van der Waals surface area (Å²) in [4.78, 5) is 12.8. The molecule has 2 aromatic heterocycles. The third-order valence-electron chi connectivity index (χ3n) is 4.00. The molecule has 0 amide bonds. The Balaban J connectivity index is 1.81. The fraction of sp³-hybridized carbons (Fsp3) is 0.167. The zero-order chi connectivity index (χ0) is 18.7. The van der Waals surface area contributed by atoms with Crippen LogP contribution >= 0.6 is 12.2 Å². The van der Waals surface area contributed by atoms with E-state index in [9.17, 15) is 4.79 Å². The molecule has 0 aliphatic rings. The molecule has 3 aromatic rings. The Morgan fingerprint density at radius 2 is 1.92 bits per heavy atom. The second-order valence-electron chi connectivity index (χ2n) is 5.68. The summed E-state index contributed by atoms with van der Waals surface area (Å²) >= 11 is 5.25. The van der Waals surface area contributed by atoms with Gasteiger partial charge < -0.3 is 9.73 Å². The highest BCUT2D eigenvalue weighted by Gasteiger charge is 2.16. The molecule has 0 unspecified atom stereocenters. The van der Waals surface area contributed by atoms with Gasteiger partial charge in [0.05, 0.1) is 17.6 Å². The Labute approximate surface area is 155 Å². The van der Waals surface area contributed by atoms with Gasteiger partial charge in [-0.15, -0.1) is 0 Å². The molecule has 2 heterocycles. The smallest absolute Gasteiger partial charge is 0.295 e. The summed E-state index contributed by atoms with van der Waals surface area (Å²) in [5, 5.41) is 7.33. The van der Waals surface area contributed by atoms with Gasteiger partial charge in [-0.3, -0.25) is 14.9 Å². The number of nitrogens with zero attached hydrogens (tertiary/aromatic N) is 3. The van der Waals surface area contributed by atoms with E-state index in [-0.39, 0.29) is 10.7 Å². The summed E-state index contributed by atoms with van der Waals surface area (Å²) in [5.41, 5.74) is 5.13. The summed E-state index contributed by atoms with van der Waals surface area (Å²) in [5.74, 6) is 0.641. The van der Waals surface area contributed by atoms with Crippen molar-refractivity contribution in [2.24, 2.45) is 12.1 Å². The zero-order valence-corrected chi connectivity index (χ0v) is 15.5. The van der Waals surface area contributed by atoms with Crippen molar-refractivity contribution >= 4 is 28.7 Å². The number of rotatable bonds is 4. The number of aromatic nitrogens is 2. The van der Waals surface area contributed by atoms with Gasteiger partial charge in [0.1, 0.15) is 17.2 Å². The number of hydrogen-bond donors (Lipinski definition) is 2. The van der Waals surface area contributed by atoms with Crippen LogP contribution in [0.2, 0.25) is 0 Å². The number of hydrazone groups is 1. The average molecular weight is 369 g/mol. The molecule has 0 fully saturated rings. The highest BCUT2D eigenvalue weighted by molar-refractivity contribution is 7.80. The predicted octanol–water partition coefficient (Wildman–Crippen LogP) is 2.79. The van der Waals surface area contributed by atoms with Crippen LogP contribution in [0.1, 0.15) is 18.4 Å². The number of anilines is 1. The highest BCUT2D eigenvalue weighted by Crippen LogP contribution is 2.13. The predicted molar refractivity (Wildman–Crippen MR) is 106 cm³/mol. The zero-order valence-electron chi connectivity index (χ0n) is 14.7. The van der Waals surface area contributed by atoms with Crippen LogP contribution in [0.5, 0.6) is 0 Å². The fourth-order valence-corrected chi connectivity index (χ4v) is 2.68. The van der Waals surface area contributed by atoms with Crippen LogP contribution in [0.25, 0.3) is 5.69 Å². The number of para-hydroxylation sites is 1. The molecule has 8 heteroatoms. The second-order valence-corrected chi connectivity index (χ2v) is 6.09. The Morgan fingerprint density at radius 3 is 2.58 bits per heavy atom. The van der Waals surface area contributed by atoms with E-state index in [1.54, 1.807) is 34.7 Å². The minimum absolute atomic E-state index is 0.188. The first-order chi connectivity index (χ1) is 12.5. The molecule has 0 atom stereocenters. The molecule has 26 heavy (non-hydrogen) atoms. The van der Waals surface area contributed by atoms with E-state index in [1.807, 2.05) is 44.3 Å². The third kappa shape index (κ3) is 3.45. The molecule has 0 aliphatic carbocycles. The van der Waals surface area contributed by atoms with Crippen molar-refractivity contribution in [1.82, 2.24) is 14.8 Å². The van der Waals surface area contributed by atoms with Crippen molar-refractivity contribution in [3.8, 4) is 5.69 Å². The van der Waals surface area contributed by atoms with Gasteiger partial charge in [0.2, 0.25) is 0 Å². The third-order valence-corrected chi connectivity index (χ3v) is 4.19. The van der Waals surface area contributed by atoms with Gasteiger partial charge in [0.25, 0.3) is 5.56 Å². The van der Waals surface area contributed by atoms with E-state index in [1.165, 1.54) is 0 Å².